The molecular formula is C15H32N2O. The summed E-state index contributed by atoms with van der Waals surface area (Å²) < 4.78 is 5.39. The topological polar surface area (TPSA) is 24.5 Å². The Morgan fingerprint density at radius 1 is 1.28 bits per heavy atom. The third kappa shape index (κ3) is 6.72. The van der Waals surface area contributed by atoms with Crippen molar-refractivity contribution in [2.24, 2.45) is 0 Å². The van der Waals surface area contributed by atoms with Crippen molar-refractivity contribution in [1.82, 2.24) is 10.2 Å². The van der Waals surface area contributed by atoms with Crippen LogP contribution in [0.5, 0.6) is 0 Å². The molecule has 0 radical (unpaired) electrons. The monoisotopic (exact) mass is 256 g/mol. The van der Waals surface area contributed by atoms with Gasteiger partial charge >= 0.3 is 0 Å². The minimum absolute atomic E-state index is 0.502. The number of methoxy groups -OCH3 is 1. The summed E-state index contributed by atoms with van der Waals surface area (Å²) in [6, 6.07) is 0.674. The van der Waals surface area contributed by atoms with Crippen LogP contribution < -0.4 is 5.32 Å². The summed E-state index contributed by atoms with van der Waals surface area (Å²) in [6.07, 6.45) is 8.27. The minimum atomic E-state index is 0.502. The number of nitrogens with one attached hydrogen (secondary N) is 1. The molecule has 0 aromatic rings. The standard InChI is InChI=1S/C15H32N2O/c1-4-5-6-7-14(2)16-10-13-17-11-8-15(18-3)9-12-17/h14-16H,4-13H2,1-3H3. The molecule has 1 heterocycles. The number of nitrogens with zero attached hydrogens (tertiary/aromatic N) is 1. The minimum Gasteiger partial charge on any atom is -0.381 e. The molecule has 1 saturated heterocycles. The lowest BCUT2D eigenvalue weighted by atomic mass is 10.1. The second-order valence-corrected chi connectivity index (χ2v) is 5.63. The van der Waals surface area contributed by atoms with Crippen molar-refractivity contribution >= 4 is 0 Å². The Morgan fingerprint density at radius 2 is 2.00 bits per heavy atom. The van der Waals surface area contributed by atoms with E-state index in [1.165, 1.54) is 58.2 Å². The predicted octanol–water partition coefficient (Wildman–Crippen LogP) is 2.66. The van der Waals surface area contributed by atoms with Crippen LogP contribution in [-0.2, 0) is 4.74 Å². The van der Waals surface area contributed by atoms with Crippen LogP contribution in [0.3, 0.4) is 0 Å². The van der Waals surface area contributed by atoms with Crippen LogP contribution in [0, 0.1) is 0 Å². The number of piperidine rings is 1. The first-order valence-corrected chi connectivity index (χ1v) is 7.74. The number of ether oxygens (including phenoxy) is 1. The van der Waals surface area contributed by atoms with Gasteiger partial charge in [0.25, 0.3) is 0 Å². The molecule has 108 valence electrons. The highest BCUT2D eigenvalue weighted by atomic mass is 16.5. The molecule has 0 amide bonds. The van der Waals surface area contributed by atoms with Gasteiger partial charge < -0.3 is 15.0 Å². The van der Waals surface area contributed by atoms with Gasteiger partial charge in [-0.2, -0.15) is 0 Å². The molecule has 0 saturated carbocycles. The second kappa shape index (κ2) is 9.76. The lowest BCUT2D eigenvalue weighted by molar-refractivity contribution is 0.0413. The predicted molar refractivity (Wildman–Crippen MR) is 78.1 cm³/mol. The Balaban J connectivity index is 1.97. The van der Waals surface area contributed by atoms with Gasteiger partial charge in [0.15, 0.2) is 0 Å². The van der Waals surface area contributed by atoms with Crippen LogP contribution in [0.25, 0.3) is 0 Å². The van der Waals surface area contributed by atoms with Crippen LogP contribution in [0.15, 0.2) is 0 Å². The van der Waals surface area contributed by atoms with Crippen LogP contribution in [0.4, 0.5) is 0 Å². The first-order valence-electron chi connectivity index (χ1n) is 7.74. The summed E-state index contributed by atoms with van der Waals surface area (Å²) in [5.74, 6) is 0. The Morgan fingerprint density at radius 3 is 2.61 bits per heavy atom. The summed E-state index contributed by atoms with van der Waals surface area (Å²) in [7, 11) is 1.83. The first-order chi connectivity index (χ1) is 8.76. The Hall–Kier alpha value is -0.120. The van der Waals surface area contributed by atoms with Gasteiger partial charge in [-0.05, 0) is 26.2 Å². The van der Waals surface area contributed by atoms with E-state index in [1.807, 2.05) is 7.11 Å². The van der Waals surface area contributed by atoms with Gasteiger partial charge in [0.05, 0.1) is 6.10 Å². The summed E-state index contributed by atoms with van der Waals surface area (Å²) in [4.78, 5) is 2.56. The van der Waals surface area contributed by atoms with E-state index in [9.17, 15) is 0 Å². The normalized spacial score (nSPS) is 20.2. The number of unbranched alkanes of at least 4 members (excludes halogenated alkanes) is 2. The second-order valence-electron chi connectivity index (χ2n) is 5.63. The van der Waals surface area contributed by atoms with E-state index in [2.05, 4.69) is 24.1 Å². The molecule has 3 nitrogen and oxygen atoms in total. The molecule has 0 bridgehead atoms. The van der Waals surface area contributed by atoms with E-state index >= 15 is 0 Å². The van der Waals surface area contributed by atoms with Crippen LogP contribution in [0.2, 0.25) is 0 Å². The highest BCUT2D eigenvalue weighted by Crippen LogP contribution is 2.12. The first kappa shape index (κ1) is 15.9. The number of rotatable bonds is 9. The molecule has 1 aliphatic heterocycles. The molecule has 0 spiro atoms. The maximum atomic E-state index is 5.39. The van der Waals surface area contributed by atoms with Gasteiger partial charge in [0.1, 0.15) is 0 Å². The maximum Gasteiger partial charge on any atom is 0.0595 e. The zero-order chi connectivity index (χ0) is 13.2. The maximum absolute atomic E-state index is 5.39. The molecule has 0 aromatic carbocycles. The van der Waals surface area contributed by atoms with Crippen molar-refractivity contribution in [1.29, 1.82) is 0 Å². The van der Waals surface area contributed by atoms with Crippen molar-refractivity contribution in [3.8, 4) is 0 Å². The van der Waals surface area contributed by atoms with E-state index in [4.69, 9.17) is 4.74 Å². The number of likely N-dealkylation sites (tertiary alicyclic amines) is 1. The van der Waals surface area contributed by atoms with Crippen molar-refractivity contribution < 1.29 is 4.74 Å². The highest BCUT2D eigenvalue weighted by molar-refractivity contribution is 4.73. The Bertz CT molecular complexity index is 191. The van der Waals surface area contributed by atoms with Gasteiger partial charge in [-0.15, -0.1) is 0 Å². The van der Waals surface area contributed by atoms with E-state index in [-0.39, 0.29) is 0 Å². The molecule has 18 heavy (non-hydrogen) atoms. The molecule has 1 N–H and O–H groups in total. The largest absolute Gasteiger partial charge is 0.381 e. The van der Waals surface area contributed by atoms with Gasteiger partial charge in [0, 0.05) is 39.3 Å². The smallest absolute Gasteiger partial charge is 0.0595 e. The van der Waals surface area contributed by atoms with Gasteiger partial charge in [-0.1, -0.05) is 26.2 Å². The third-order valence-electron chi connectivity index (χ3n) is 4.03. The Labute approximate surface area is 113 Å². The third-order valence-corrected chi connectivity index (χ3v) is 4.03. The average molecular weight is 256 g/mol. The van der Waals surface area contributed by atoms with E-state index in [1.54, 1.807) is 0 Å². The van der Waals surface area contributed by atoms with Crippen LogP contribution in [0.1, 0.15) is 52.4 Å². The summed E-state index contributed by atoms with van der Waals surface area (Å²) in [5.41, 5.74) is 0. The molecule has 0 aliphatic carbocycles. The van der Waals surface area contributed by atoms with Crippen LogP contribution in [-0.4, -0.2) is 50.3 Å². The Kier molecular flexibility index (Phi) is 8.64. The average Bonchev–Trinajstić information content (AvgIpc) is 2.40. The lowest BCUT2D eigenvalue weighted by Crippen LogP contribution is -2.41. The van der Waals surface area contributed by atoms with Gasteiger partial charge in [-0.25, -0.2) is 0 Å². The molecular weight excluding hydrogens is 224 g/mol. The van der Waals surface area contributed by atoms with Crippen molar-refractivity contribution in [2.45, 2.75) is 64.5 Å². The fourth-order valence-electron chi connectivity index (χ4n) is 2.64. The molecule has 1 fully saturated rings. The van der Waals surface area contributed by atoms with Crippen molar-refractivity contribution in [3.05, 3.63) is 0 Å². The molecule has 1 atom stereocenters. The molecule has 1 rings (SSSR count). The fourth-order valence-corrected chi connectivity index (χ4v) is 2.64. The molecule has 0 aromatic heterocycles. The van der Waals surface area contributed by atoms with E-state index < -0.39 is 0 Å². The van der Waals surface area contributed by atoms with Crippen molar-refractivity contribution in [3.63, 3.8) is 0 Å². The van der Waals surface area contributed by atoms with E-state index in [0.29, 0.717) is 12.1 Å². The molecule has 1 aliphatic rings. The quantitative estimate of drug-likeness (QED) is 0.642. The van der Waals surface area contributed by atoms with Crippen molar-refractivity contribution in [2.75, 3.05) is 33.3 Å². The zero-order valence-electron chi connectivity index (χ0n) is 12.6. The number of hydrogen-bond acceptors (Lipinski definition) is 3. The molecule has 3 heteroatoms. The van der Waals surface area contributed by atoms with Gasteiger partial charge in [-0.3, -0.25) is 0 Å². The number of hydrogen-bond donors (Lipinski definition) is 1. The summed E-state index contributed by atoms with van der Waals surface area (Å²) in [5, 5.41) is 3.64. The summed E-state index contributed by atoms with van der Waals surface area (Å²) in [6.45, 7) is 9.29. The highest BCUT2D eigenvalue weighted by Gasteiger charge is 2.17. The lowest BCUT2D eigenvalue weighted by Gasteiger charge is -2.31. The fraction of sp³-hybridized carbons (Fsp3) is 1.00. The van der Waals surface area contributed by atoms with Crippen LogP contribution >= 0.6 is 0 Å². The van der Waals surface area contributed by atoms with E-state index in [0.717, 1.165) is 6.54 Å². The zero-order valence-corrected chi connectivity index (χ0v) is 12.6. The van der Waals surface area contributed by atoms with Gasteiger partial charge in [0.2, 0.25) is 0 Å². The summed E-state index contributed by atoms with van der Waals surface area (Å²) >= 11 is 0. The molecule has 1 unspecified atom stereocenters. The SMILES string of the molecule is CCCCCC(C)NCCN1CCC(OC)CC1.